The van der Waals surface area contributed by atoms with E-state index in [4.69, 9.17) is 10.5 Å². The third kappa shape index (κ3) is 5.19. The molecule has 1 unspecified atom stereocenters. The molecule has 3 heteroatoms. The SMILES string of the molecule is CCCCCCC(C)Oc1cccc(F)c1[C@@H](C)N. The number of halogens is 1. The van der Waals surface area contributed by atoms with Crippen LogP contribution in [-0.4, -0.2) is 6.10 Å². The third-order valence-electron chi connectivity index (χ3n) is 3.26. The Morgan fingerprint density at radius 2 is 1.95 bits per heavy atom. The standard InChI is InChI=1S/C16H26FNO/c1-4-5-6-7-9-12(2)19-15-11-8-10-14(17)16(15)13(3)18/h8,10-13H,4-7,9,18H2,1-3H3/t12?,13-/m1/s1. The monoisotopic (exact) mass is 267 g/mol. The van der Waals surface area contributed by atoms with Crippen LogP contribution in [-0.2, 0) is 0 Å². The molecule has 1 aromatic rings. The van der Waals surface area contributed by atoms with E-state index in [9.17, 15) is 4.39 Å². The van der Waals surface area contributed by atoms with Crippen LogP contribution >= 0.6 is 0 Å². The molecule has 0 radical (unpaired) electrons. The van der Waals surface area contributed by atoms with Gasteiger partial charge in [-0.25, -0.2) is 4.39 Å². The van der Waals surface area contributed by atoms with Gasteiger partial charge in [0, 0.05) is 11.6 Å². The van der Waals surface area contributed by atoms with E-state index in [1.165, 1.54) is 25.3 Å². The van der Waals surface area contributed by atoms with Crippen molar-refractivity contribution >= 4 is 0 Å². The lowest BCUT2D eigenvalue weighted by Gasteiger charge is -2.19. The largest absolute Gasteiger partial charge is 0.490 e. The summed E-state index contributed by atoms with van der Waals surface area (Å²) in [6.07, 6.45) is 5.96. The Morgan fingerprint density at radius 3 is 2.58 bits per heavy atom. The van der Waals surface area contributed by atoms with Crippen molar-refractivity contribution in [2.75, 3.05) is 0 Å². The fraction of sp³-hybridized carbons (Fsp3) is 0.625. The topological polar surface area (TPSA) is 35.2 Å². The van der Waals surface area contributed by atoms with E-state index in [0.717, 1.165) is 12.8 Å². The van der Waals surface area contributed by atoms with Crippen molar-refractivity contribution in [1.82, 2.24) is 0 Å². The van der Waals surface area contributed by atoms with Crippen LogP contribution in [0.4, 0.5) is 4.39 Å². The average Bonchev–Trinajstić information content (AvgIpc) is 2.34. The molecule has 0 saturated heterocycles. The maximum absolute atomic E-state index is 13.7. The van der Waals surface area contributed by atoms with E-state index in [1.54, 1.807) is 19.1 Å². The van der Waals surface area contributed by atoms with E-state index in [1.807, 2.05) is 6.92 Å². The van der Waals surface area contributed by atoms with Crippen LogP contribution in [0.5, 0.6) is 5.75 Å². The summed E-state index contributed by atoms with van der Waals surface area (Å²) >= 11 is 0. The molecule has 0 aliphatic carbocycles. The van der Waals surface area contributed by atoms with Crippen LogP contribution < -0.4 is 10.5 Å². The summed E-state index contributed by atoms with van der Waals surface area (Å²) in [7, 11) is 0. The Morgan fingerprint density at radius 1 is 1.21 bits per heavy atom. The highest BCUT2D eigenvalue weighted by Crippen LogP contribution is 2.28. The number of hydrogen-bond acceptors (Lipinski definition) is 2. The Labute approximate surface area is 116 Å². The second kappa shape index (κ2) is 8.16. The van der Waals surface area contributed by atoms with Crippen LogP contribution in [0.1, 0.15) is 64.5 Å². The molecule has 0 aromatic heterocycles. The first-order valence-electron chi connectivity index (χ1n) is 7.26. The molecular formula is C16H26FNO. The molecule has 19 heavy (non-hydrogen) atoms. The second-order valence-corrected chi connectivity index (χ2v) is 5.22. The summed E-state index contributed by atoms with van der Waals surface area (Å²) in [4.78, 5) is 0. The minimum Gasteiger partial charge on any atom is -0.490 e. The maximum atomic E-state index is 13.7. The van der Waals surface area contributed by atoms with Crippen molar-refractivity contribution in [1.29, 1.82) is 0 Å². The molecule has 2 atom stereocenters. The first kappa shape index (κ1) is 16.0. The molecule has 1 rings (SSSR count). The summed E-state index contributed by atoms with van der Waals surface area (Å²) in [6, 6.07) is 4.53. The Hall–Kier alpha value is -1.09. The first-order valence-corrected chi connectivity index (χ1v) is 7.26. The smallest absolute Gasteiger partial charge is 0.131 e. The predicted octanol–water partition coefficient (Wildman–Crippen LogP) is 4.58. The third-order valence-corrected chi connectivity index (χ3v) is 3.26. The predicted molar refractivity (Wildman–Crippen MR) is 77.9 cm³/mol. The van der Waals surface area contributed by atoms with Crippen LogP contribution in [0.2, 0.25) is 0 Å². The van der Waals surface area contributed by atoms with Gasteiger partial charge in [-0.05, 0) is 38.8 Å². The number of benzene rings is 1. The zero-order valence-electron chi connectivity index (χ0n) is 12.3. The minimum absolute atomic E-state index is 0.0937. The van der Waals surface area contributed by atoms with E-state index in [-0.39, 0.29) is 18.0 Å². The van der Waals surface area contributed by atoms with Gasteiger partial charge in [0.2, 0.25) is 0 Å². The molecule has 0 aliphatic rings. The van der Waals surface area contributed by atoms with Crippen LogP contribution in [0.3, 0.4) is 0 Å². The molecular weight excluding hydrogens is 241 g/mol. The van der Waals surface area contributed by atoms with Crippen molar-refractivity contribution in [3.05, 3.63) is 29.6 Å². The average molecular weight is 267 g/mol. The molecule has 0 bridgehead atoms. The summed E-state index contributed by atoms with van der Waals surface area (Å²) < 4.78 is 19.6. The van der Waals surface area contributed by atoms with Gasteiger partial charge in [0.25, 0.3) is 0 Å². The molecule has 0 saturated carbocycles. The molecule has 0 heterocycles. The van der Waals surface area contributed by atoms with Crippen molar-refractivity contribution in [3.8, 4) is 5.75 Å². The quantitative estimate of drug-likeness (QED) is 0.699. The van der Waals surface area contributed by atoms with Gasteiger partial charge in [-0.2, -0.15) is 0 Å². The minimum atomic E-state index is -0.358. The summed E-state index contributed by atoms with van der Waals surface area (Å²) in [6.45, 7) is 6.00. The normalized spacial score (nSPS) is 14.2. The van der Waals surface area contributed by atoms with Crippen molar-refractivity contribution < 1.29 is 9.13 Å². The summed E-state index contributed by atoms with van der Waals surface area (Å²) in [5, 5.41) is 0. The maximum Gasteiger partial charge on any atom is 0.131 e. The Bertz CT molecular complexity index is 379. The van der Waals surface area contributed by atoms with E-state index < -0.39 is 0 Å². The van der Waals surface area contributed by atoms with Gasteiger partial charge in [-0.1, -0.05) is 32.3 Å². The fourth-order valence-corrected chi connectivity index (χ4v) is 2.20. The molecule has 0 aliphatic heterocycles. The number of rotatable bonds is 8. The molecule has 0 amide bonds. The lowest BCUT2D eigenvalue weighted by atomic mass is 10.1. The van der Waals surface area contributed by atoms with Gasteiger partial charge >= 0.3 is 0 Å². The van der Waals surface area contributed by atoms with Crippen LogP contribution in [0.15, 0.2) is 18.2 Å². The van der Waals surface area contributed by atoms with Crippen LogP contribution in [0, 0.1) is 5.82 Å². The molecule has 0 spiro atoms. The lowest BCUT2D eigenvalue weighted by molar-refractivity contribution is 0.202. The molecule has 1 aromatic carbocycles. The summed E-state index contributed by atoms with van der Waals surface area (Å²) in [5.74, 6) is 0.295. The number of nitrogens with two attached hydrogens (primary N) is 1. The molecule has 0 fully saturated rings. The molecule has 2 N–H and O–H groups in total. The first-order chi connectivity index (χ1) is 9.06. The van der Waals surface area contributed by atoms with Crippen molar-refractivity contribution in [2.45, 2.75) is 65.0 Å². The van der Waals surface area contributed by atoms with Gasteiger partial charge in [-0.15, -0.1) is 0 Å². The van der Waals surface area contributed by atoms with Gasteiger partial charge in [0.1, 0.15) is 11.6 Å². The van der Waals surface area contributed by atoms with Crippen molar-refractivity contribution in [3.63, 3.8) is 0 Å². The highest BCUT2D eigenvalue weighted by molar-refractivity contribution is 5.36. The highest BCUT2D eigenvalue weighted by Gasteiger charge is 2.15. The lowest BCUT2D eigenvalue weighted by Crippen LogP contribution is -2.16. The van der Waals surface area contributed by atoms with E-state index in [2.05, 4.69) is 6.92 Å². The van der Waals surface area contributed by atoms with Gasteiger partial charge in [0.15, 0.2) is 0 Å². The Balaban J connectivity index is 2.58. The van der Waals surface area contributed by atoms with Gasteiger partial charge in [0.05, 0.1) is 6.10 Å². The van der Waals surface area contributed by atoms with Crippen LogP contribution in [0.25, 0.3) is 0 Å². The zero-order chi connectivity index (χ0) is 14.3. The van der Waals surface area contributed by atoms with E-state index >= 15 is 0 Å². The second-order valence-electron chi connectivity index (χ2n) is 5.22. The number of unbranched alkanes of at least 4 members (excludes halogenated alkanes) is 3. The molecule has 2 nitrogen and oxygen atoms in total. The van der Waals surface area contributed by atoms with Crippen molar-refractivity contribution in [2.24, 2.45) is 5.73 Å². The highest BCUT2D eigenvalue weighted by atomic mass is 19.1. The fourth-order valence-electron chi connectivity index (χ4n) is 2.20. The Kier molecular flexibility index (Phi) is 6.85. The van der Waals surface area contributed by atoms with Gasteiger partial charge < -0.3 is 10.5 Å². The van der Waals surface area contributed by atoms with Gasteiger partial charge in [-0.3, -0.25) is 0 Å². The number of ether oxygens (including phenoxy) is 1. The number of hydrogen-bond donors (Lipinski definition) is 1. The zero-order valence-corrected chi connectivity index (χ0v) is 12.3. The molecule has 108 valence electrons. The van der Waals surface area contributed by atoms with E-state index in [0.29, 0.717) is 11.3 Å². The summed E-state index contributed by atoms with van der Waals surface area (Å²) in [5.41, 5.74) is 6.29.